The Morgan fingerprint density at radius 1 is 1.05 bits per heavy atom. The molecule has 7 heteroatoms. The minimum atomic E-state index is -4.83. The van der Waals surface area contributed by atoms with Gasteiger partial charge in [-0.15, -0.1) is 13.2 Å². The highest BCUT2D eigenvalue weighted by atomic mass is 28.2. The molecule has 0 unspecified atom stereocenters. The molecule has 0 saturated heterocycles. The predicted molar refractivity (Wildman–Crippen MR) is 74.4 cm³/mol. The van der Waals surface area contributed by atoms with Crippen molar-refractivity contribution in [2.24, 2.45) is 0 Å². The molecular weight excluding hydrogens is 301 g/mol. The first-order valence-electron chi connectivity index (χ1n) is 6.35. The van der Waals surface area contributed by atoms with E-state index < -0.39 is 17.7 Å². The van der Waals surface area contributed by atoms with Crippen LogP contribution in [-0.4, -0.2) is 21.2 Å². The van der Waals surface area contributed by atoms with Gasteiger partial charge in [-0.1, -0.05) is 20.8 Å². The molecule has 0 heterocycles. The fourth-order valence-electron chi connectivity index (χ4n) is 1.55. The number of rotatable bonds is 4. The summed E-state index contributed by atoms with van der Waals surface area (Å²) in [6, 6.07) is 3.63. The summed E-state index contributed by atoms with van der Waals surface area (Å²) < 4.78 is 47.2. The molecule has 0 bridgehead atoms. The Morgan fingerprint density at radius 2 is 1.62 bits per heavy atom. The van der Waals surface area contributed by atoms with Gasteiger partial charge in [0, 0.05) is 11.6 Å². The van der Waals surface area contributed by atoms with Gasteiger partial charge in [0.05, 0.1) is 5.60 Å². The van der Waals surface area contributed by atoms with Gasteiger partial charge in [0.1, 0.15) is 11.5 Å². The third kappa shape index (κ3) is 5.97. The second kappa shape index (κ2) is 5.88. The molecule has 0 aliphatic rings. The maximum Gasteiger partial charge on any atom is 0.573 e. The van der Waals surface area contributed by atoms with Gasteiger partial charge in [-0.3, -0.25) is 0 Å². The van der Waals surface area contributed by atoms with Crippen LogP contribution >= 0.6 is 0 Å². The smallest absolute Gasteiger partial charge is 0.508 e. The summed E-state index contributed by atoms with van der Waals surface area (Å²) in [6.07, 6.45) is -4.83. The average Bonchev–Trinajstić information content (AvgIpc) is 2.23. The Bertz CT molecular complexity index is 493. The van der Waals surface area contributed by atoms with Crippen molar-refractivity contribution in [1.29, 1.82) is 0 Å². The highest BCUT2D eigenvalue weighted by molar-refractivity contribution is 6.31. The van der Waals surface area contributed by atoms with Crippen LogP contribution in [0.1, 0.15) is 40.2 Å². The van der Waals surface area contributed by atoms with Crippen molar-refractivity contribution < 1.29 is 27.4 Å². The van der Waals surface area contributed by atoms with Crippen LogP contribution < -0.4 is 4.74 Å². The van der Waals surface area contributed by atoms with Crippen molar-refractivity contribution >= 4 is 9.76 Å². The summed E-state index contributed by atoms with van der Waals surface area (Å²) in [4.78, 5) is 0. The van der Waals surface area contributed by atoms with E-state index in [0.29, 0.717) is 0 Å². The highest BCUT2D eigenvalue weighted by Crippen LogP contribution is 2.38. The largest absolute Gasteiger partial charge is 0.573 e. The third-order valence-electron chi connectivity index (χ3n) is 2.45. The fourth-order valence-corrected chi connectivity index (χ4v) is 2.22. The summed E-state index contributed by atoms with van der Waals surface area (Å²) in [5, 5.41) is 9.27. The number of phenolic OH excluding ortho intramolecular Hbond substituents is 1. The molecule has 118 valence electrons. The molecule has 1 N–H and O–H groups in total. The number of hydrogen-bond acceptors (Lipinski definition) is 3. The molecule has 0 aliphatic heterocycles. The van der Waals surface area contributed by atoms with Gasteiger partial charge in [-0.25, -0.2) is 0 Å². The Hall–Kier alpha value is -1.21. The van der Waals surface area contributed by atoms with E-state index in [2.05, 4.69) is 4.74 Å². The Labute approximate surface area is 125 Å². The maximum absolute atomic E-state index is 12.5. The molecular formula is C14H19F3O3Si. The van der Waals surface area contributed by atoms with Crippen molar-refractivity contribution in [2.45, 2.75) is 51.6 Å². The summed E-state index contributed by atoms with van der Waals surface area (Å²) >= 11 is 0. The zero-order valence-electron chi connectivity index (χ0n) is 12.6. The first-order chi connectivity index (χ1) is 9.30. The van der Waals surface area contributed by atoms with Crippen molar-refractivity contribution in [1.82, 2.24) is 0 Å². The van der Waals surface area contributed by atoms with Gasteiger partial charge in [0.2, 0.25) is 9.76 Å². The van der Waals surface area contributed by atoms with E-state index in [9.17, 15) is 18.3 Å². The van der Waals surface area contributed by atoms with Crippen molar-refractivity contribution in [3.63, 3.8) is 0 Å². The molecule has 0 atom stereocenters. The molecule has 0 aliphatic carbocycles. The minimum Gasteiger partial charge on any atom is -0.508 e. The van der Waals surface area contributed by atoms with E-state index in [1.54, 1.807) is 13.8 Å². The number of phenols is 1. The Balaban J connectivity index is 3.10. The monoisotopic (exact) mass is 320 g/mol. The quantitative estimate of drug-likeness (QED) is 0.837. The van der Waals surface area contributed by atoms with Crippen LogP contribution in [0.4, 0.5) is 13.2 Å². The number of aromatic hydroxyl groups is 1. The molecule has 1 aromatic rings. The van der Waals surface area contributed by atoms with Gasteiger partial charge in [-0.2, -0.15) is 0 Å². The first kappa shape index (κ1) is 17.8. The van der Waals surface area contributed by atoms with E-state index in [1.807, 2.05) is 20.8 Å². The van der Waals surface area contributed by atoms with Crippen molar-refractivity contribution in [3.8, 4) is 11.5 Å². The second-order valence-corrected chi connectivity index (χ2v) is 8.10. The van der Waals surface area contributed by atoms with Crippen LogP contribution in [0.5, 0.6) is 11.5 Å². The highest BCUT2D eigenvalue weighted by Gasteiger charge is 2.35. The summed E-state index contributed by atoms with van der Waals surface area (Å²) in [5.74, 6) is -0.752. The molecule has 0 aromatic heterocycles. The van der Waals surface area contributed by atoms with E-state index in [0.717, 1.165) is 6.07 Å². The Morgan fingerprint density at radius 3 is 2.10 bits per heavy atom. The van der Waals surface area contributed by atoms with Crippen LogP contribution in [0.3, 0.4) is 0 Å². The van der Waals surface area contributed by atoms with Gasteiger partial charge >= 0.3 is 6.36 Å². The topological polar surface area (TPSA) is 38.7 Å². The SMILES string of the molecule is CC(C)(C)[Si]OC(C)(C)c1ccc(O)cc1OC(F)(F)F. The number of benzene rings is 1. The van der Waals surface area contributed by atoms with Gasteiger partial charge in [0.15, 0.2) is 0 Å². The van der Waals surface area contributed by atoms with Crippen molar-refractivity contribution in [2.75, 3.05) is 0 Å². The molecule has 0 spiro atoms. The summed E-state index contributed by atoms with van der Waals surface area (Å²) in [5.41, 5.74) is -0.741. The number of halogens is 3. The number of alkyl halides is 3. The lowest BCUT2D eigenvalue weighted by Crippen LogP contribution is -2.29. The zero-order valence-corrected chi connectivity index (χ0v) is 13.6. The van der Waals surface area contributed by atoms with E-state index in [4.69, 9.17) is 4.43 Å². The van der Waals surface area contributed by atoms with Crippen LogP contribution in [0.25, 0.3) is 0 Å². The predicted octanol–water partition coefficient (Wildman–Crippen LogP) is 4.38. The van der Waals surface area contributed by atoms with E-state index >= 15 is 0 Å². The number of ether oxygens (including phenoxy) is 1. The molecule has 1 aromatic carbocycles. The van der Waals surface area contributed by atoms with E-state index in [-0.39, 0.29) is 26.1 Å². The lowest BCUT2D eigenvalue weighted by molar-refractivity contribution is -0.275. The third-order valence-corrected chi connectivity index (χ3v) is 3.68. The maximum atomic E-state index is 12.5. The number of hydrogen-bond donors (Lipinski definition) is 1. The normalized spacial score (nSPS) is 13.3. The van der Waals surface area contributed by atoms with Crippen LogP contribution in [0, 0.1) is 0 Å². The molecule has 0 amide bonds. The summed E-state index contributed by atoms with van der Waals surface area (Å²) in [6.45, 7) is 9.27. The van der Waals surface area contributed by atoms with Crippen LogP contribution in [-0.2, 0) is 10.0 Å². The minimum absolute atomic E-state index is 0.0980. The summed E-state index contributed by atoms with van der Waals surface area (Å²) in [7, 11) is 0.101. The molecule has 2 radical (unpaired) electrons. The van der Waals surface area contributed by atoms with Crippen LogP contribution in [0.2, 0.25) is 5.04 Å². The van der Waals surface area contributed by atoms with E-state index in [1.165, 1.54) is 12.1 Å². The second-order valence-electron chi connectivity index (χ2n) is 6.19. The first-order valence-corrected chi connectivity index (χ1v) is 7.25. The average molecular weight is 320 g/mol. The Kier molecular flexibility index (Phi) is 5.00. The molecule has 21 heavy (non-hydrogen) atoms. The molecule has 1 rings (SSSR count). The van der Waals surface area contributed by atoms with Gasteiger partial charge < -0.3 is 14.3 Å². The lowest BCUT2D eigenvalue weighted by atomic mass is 9.97. The molecule has 0 fully saturated rings. The molecule has 3 nitrogen and oxygen atoms in total. The zero-order chi connectivity index (χ0) is 16.5. The van der Waals surface area contributed by atoms with Crippen molar-refractivity contribution in [3.05, 3.63) is 23.8 Å². The van der Waals surface area contributed by atoms with Crippen LogP contribution in [0.15, 0.2) is 18.2 Å². The standard InChI is InChI=1S/C14H19F3O3Si/c1-12(2,3)21-20-13(4,5)10-7-6-9(18)8-11(10)19-14(15,16)17/h6-8,18H,1-5H3. The fraction of sp³-hybridized carbons (Fsp3) is 0.571. The molecule has 0 saturated carbocycles. The van der Waals surface area contributed by atoms with Gasteiger partial charge in [-0.05, 0) is 31.0 Å². The van der Waals surface area contributed by atoms with Gasteiger partial charge in [0.25, 0.3) is 0 Å². The lowest BCUT2D eigenvalue weighted by Gasteiger charge is -2.31.